The van der Waals surface area contributed by atoms with Gasteiger partial charge in [0.2, 0.25) is 0 Å². The molecule has 0 radical (unpaired) electrons. The maximum Gasteiger partial charge on any atom is 0.0545 e. The fourth-order valence-electron chi connectivity index (χ4n) is 2.33. The van der Waals surface area contributed by atoms with E-state index in [1.807, 2.05) is 11.8 Å². The molecule has 1 nitrogen and oxygen atoms in total. The number of nitrogens with one attached hydrogen (secondary N) is 1. The summed E-state index contributed by atoms with van der Waals surface area (Å²) >= 11 is 8.19. The molecule has 0 aromatic heterocycles. The lowest BCUT2D eigenvalue weighted by molar-refractivity contribution is 0.434. The Balaban J connectivity index is 2.24. The highest BCUT2D eigenvalue weighted by molar-refractivity contribution is 8.00. The molecule has 1 unspecified atom stereocenters. The highest BCUT2D eigenvalue weighted by atomic mass is 35.5. The second kappa shape index (κ2) is 5.21. The third kappa shape index (κ3) is 2.98. The lowest BCUT2D eigenvalue weighted by Crippen LogP contribution is -2.33. The Labute approximate surface area is 113 Å². The number of halogens is 1. The standard InChI is InChI=1S/C14H20ClNS/c1-10(2)17-13-6-5-11(9-12(13)15)14(3)7-4-8-16-14/h5-6,9-10,16H,4,7-8H2,1-3H3. The minimum atomic E-state index is 0.116. The average Bonchev–Trinajstić information content (AvgIpc) is 2.69. The van der Waals surface area contributed by atoms with Gasteiger partial charge in [-0.2, -0.15) is 0 Å². The van der Waals surface area contributed by atoms with Crippen LogP contribution in [0.1, 0.15) is 39.2 Å². The number of thioether (sulfide) groups is 1. The molecule has 0 spiro atoms. The van der Waals surface area contributed by atoms with Gasteiger partial charge in [-0.25, -0.2) is 0 Å². The first-order valence-electron chi connectivity index (χ1n) is 6.23. The van der Waals surface area contributed by atoms with Gasteiger partial charge in [0.05, 0.1) is 5.02 Å². The summed E-state index contributed by atoms with van der Waals surface area (Å²) in [4.78, 5) is 1.19. The van der Waals surface area contributed by atoms with E-state index < -0.39 is 0 Å². The van der Waals surface area contributed by atoms with Crippen molar-refractivity contribution in [2.45, 2.75) is 49.3 Å². The van der Waals surface area contributed by atoms with Gasteiger partial charge in [0.15, 0.2) is 0 Å². The van der Waals surface area contributed by atoms with Gasteiger partial charge in [-0.15, -0.1) is 11.8 Å². The summed E-state index contributed by atoms with van der Waals surface area (Å²) in [5.41, 5.74) is 1.43. The van der Waals surface area contributed by atoms with Gasteiger partial charge >= 0.3 is 0 Å². The summed E-state index contributed by atoms with van der Waals surface area (Å²) in [6.45, 7) is 7.75. The Hall–Kier alpha value is -0.180. The fraction of sp³-hybridized carbons (Fsp3) is 0.571. The van der Waals surface area contributed by atoms with Crippen molar-refractivity contribution in [2.24, 2.45) is 0 Å². The predicted octanol–water partition coefficient (Wildman–Crippen LogP) is 4.44. The lowest BCUT2D eigenvalue weighted by Gasteiger charge is -2.25. The Morgan fingerprint density at radius 2 is 2.18 bits per heavy atom. The molecule has 94 valence electrons. The average molecular weight is 270 g/mol. The molecule has 0 bridgehead atoms. The summed E-state index contributed by atoms with van der Waals surface area (Å²) in [7, 11) is 0. The lowest BCUT2D eigenvalue weighted by atomic mass is 9.91. The van der Waals surface area contributed by atoms with Crippen LogP contribution in [0, 0.1) is 0 Å². The van der Waals surface area contributed by atoms with Crippen molar-refractivity contribution in [1.29, 1.82) is 0 Å². The van der Waals surface area contributed by atoms with E-state index in [0.717, 1.165) is 11.6 Å². The van der Waals surface area contributed by atoms with Crippen molar-refractivity contribution in [3.63, 3.8) is 0 Å². The van der Waals surface area contributed by atoms with Crippen molar-refractivity contribution in [1.82, 2.24) is 5.32 Å². The van der Waals surface area contributed by atoms with Crippen LogP contribution in [-0.4, -0.2) is 11.8 Å². The SMILES string of the molecule is CC(C)Sc1ccc(C2(C)CCCN2)cc1Cl. The van der Waals surface area contributed by atoms with Crippen LogP contribution in [-0.2, 0) is 5.54 Å². The fourth-order valence-corrected chi connectivity index (χ4v) is 3.47. The molecule has 2 rings (SSSR count). The summed E-state index contributed by atoms with van der Waals surface area (Å²) in [6.07, 6.45) is 2.44. The Morgan fingerprint density at radius 1 is 1.41 bits per heavy atom. The van der Waals surface area contributed by atoms with Crippen LogP contribution in [0.5, 0.6) is 0 Å². The minimum Gasteiger partial charge on any atom is -0.308 e. The molecule has 1 aromatic carbocycles. The maximum atomic E-state index is 6.37. The van der Waals surface area contributed by atoms with Gasteiger partial charge in [0, 0.05) is 15.7 Å². The van der Waals surface area contributed by atoms with Crippen molar-refractivity contribution >= 4 is 23.4 Å². The van der Waals surface area contributed by atoms with E-state index in [-0.39, 0.29) is 5.54 Å². The molecule has 1 saturated heterocycles. The van der Waals surface area contributed by atoms with E-state index in [2.05, 4.69) is 44.3 Å². The number of rotatable bonds is 3. The van der Waals surface area contributed by atoms with Gasteiger partial charge in [-0.05, 0) is 44.0 Å². The van der Waals surface area contributed by atoms with E-state index >= 15 is 0 Å². The van der Waals surface area contributed by atoms with E-state index in [1.165, 1.54) is 23.3 Å². The first kappa shape index (κ1) is 13.3. The van der Waals surface area contributed by atoms with Crippen molar-refractivity contribution < 1.29 is 0 Å². The largest absolute Gasteiger partial charge is 0.308 e. The van der Waals surface area contributed by atoms with Crippen molar-refractivity contribution in [3.8, 4) is 0 Å². The van der Waals surface area contributed by atoms with Crippen LogP contribution in [0.3, 0.4) is 0 Å². The molecule has 3 heteroatoms. The molecule has 1 heterocycles. The highest BCUT2D eigenvalue weighted by Gasteiger charge is 2.30. The highest BCUT2D eigenvalue weighted by Crippen LogP contribution is 2.36. The van der Waals surface area contributed by atoms with Gasteiger partial charge in [-0.1, -0.05) is 31.5 Å². The van der Waals surface area contributed by atoms with E-state index in [4.69, 9.17) is 11.6 Å². The van der Waals surface area contributed by atoms with Crippen LogP contribution < -0.4 is 5.32 Å². The van der Waals surface area contributed by atoms with Gasteiger partial charge < -0.3 is 5.32 Å². The minimum absolute atomic E-state index is 0.116. The molecule has 0 saturated carbocycles. The zero-order chi connectivity index (χ0) is 12.5. The third-order valence-corrected chi connectivity index (χ3v) is 4.81. The molecule has 1 aromatic rings. The normalized spacial score (nSPS) is 24.5. The van der Waals surface area contributed by atoms with Gasteiger partial charge in [-0.3, -0.25) is 0 Å². The summed E-state index contributed by atoms with van der Waals surface area (Å²) in [5, 5.41) is 5.02. The number of benzene rings is 1. The summed E-state index contributed by atoms with van der Waals surface area (Å²) in [6, 6.07) is 6.51. The first-order chi connectivity index (χ1) is 8.01. The van der Waals surface area contributed by atoms with Crippen molar-refractivity contribution in [2.75, 3.05) is 6.54 Å². The van der Waals surface area contributed by atoms with E-state index in [9.17, 15) is 0 Å². The smallest absolute Gasteiger partial charge is 0.0545 e. The van der Waals surface area contributed by atoms with Crippen molar-refractivity contribution in [3.05, 3.63) is 28.8 Å². The van der Waals surface area contributed by atoms with Crippen LogP contribution in [0.25, 0.3) is 0 Å². The van der Waals surface area contributed by atoms with Crippen LogP contribution in [0.4, 0.5) is 0 Å². The molecule has 1 N–H and O–H groups in total. The molecule has 0 amide bonds. The first-order valence-corrected chi connectivity index (χ1v) is 7.49. The Morgan fingerprint density at radius 3 is 2.71 bits per heavy atom. The molecular weight excluding hydrogens is 250 g/mol. The maximum absolute atomic E-state index is 6.37. The van der Waals surface area contributed by atoms with Gasteiger partial charge in [0.25, 0.3) is 0 Å². The Bertz CT molecular complexity index is 397. The zero-order valence-corrected chi connectivity index (χ0v) is 12.3. The topological polar surface area (TPSA) is 12.0 Å². The summed E-state index contributed by atoms with van der Waals surface area (Å²) < 4.78 is 0. The monoisotopic (exact) mass is 269 g/mol. The molecular formula is C14H20ClNS. The predicted molar refractivity (Wildman–Crippen MR) is 77.0 cm³/mol. The molecule has 1 fully saturated rings. The van der Waals surface area contributed by atoms with E-state index in [0.29, 0.717) is 5.25 Å². The molecule has 17 heavy (non-hydrogen) atoms. The van der Waals surface area contributed by atoms with Crippen LogP contribution >= 0.6 is 23.4 Å². The second-order valence-electron chi connectivity index (χ2n) is 5.17. The van der Waals surface area contributed by atoms with E-state index in [1.54, 1.807) is 0 Å². The summed E-state index contributed by atoms with van der Waals surface area (Å²) in [5.74, 6) is 0. The number of hydrogen-bond acceptors (Lipinski definition) is 2. The second-order valence-corrected chi connectivity index (χ2v) is 7.20. The third-order valence-electron chi connectivity index (χ3n) is 3.30. The molecule has 1 aliphatic rings. The molecule has 1 atom stereocenters. The van der Waals surface area contributed by atoms with Crippen LogP contribution in [0.2, 0.25) is 5.02 Å². The zero-order valence-electron chi connectivity index (χ0n) is 10.7. The van der Waals surface area contributed by atoms with Gasteiger partial charge in [0.1, 0.15) is 0 Å². The molecule has 0 aliphatic carbocycles. The quantitative estimate of drug-likeness (QED) is 0.815. The Kier molecular flexibility index (Phi) is 4.06. The van der Waals surface area contributed by atoms with Crippen LogP contribution in [0.15, 0.2) is 23.1 Å². The molecule has 1 aliphatic heterocycles. The number of hydrogen-bond donors (Lipinski definition) is 1.